The number of fused-ring (bicyclic) bond motifs is 7. The third kappa shape index (κ3) is 4.76. The van der Waals surface area contributed by atoms with Crippen molar-refractivity contribution in [2.45, 2.75) is 0 Å². The molecule has 8 aromatic carbocycles. The maximum atomic E-state index is 6.28. The highest BCUT2D eigenvalue weighted by molar-refractivity contribution is 6.17. The number of nitrogens with zero attached hydrogens (tertiary/aromatic N) is 4. The summed E-state index contributed by atoms with van der Waals surface area (Å²) in [5.41, 5.74) is 10.1. The predicted molar refractivity (Wildman–Crippen MR) is 221 cm³/mol. The van der Waals surface area contributed by atoms with E-state index in [1.807, 2.05) is 60.7 Å². The van der Waals surface area contributed by atoms with Crippen molar-refractivity contribution in [3.8, 4) is 51.0 Å². The van der Waals surface area contributed by atoms with Crippen LogP contribution < -0.4 is 0 Å². The second kappa shape index (κ2) is 12.1. The summed E-state index contributed by atoms with van der Waals surface area (Å²) in [6, 6.07) is 63.3. The lowest BCUT2D eigenvalue weighted by Gasteiger charge is -2.15. The molecule has 11 aromatic rings. The van der Waals surface area contributed by atoms with Crippen LogP contribution in [0.2, 0.25) is 0 Å². The molecule has 0 aliphatic carbocycles. The molecule has 3 aromatic heterocycles. The van der Waals surface area contributed by atoms with E-state index in [1.54, 1.807) is 0 Å². The van der Waals surface area contributed by atoms with Gasteiger partial charge in [-0.3, -0.25) is 0 Å². The molecule has 0 radical (unpaired) electrons. The van der Waals surface area contributed by atoms with Crippen LogP contribution in [0.15, 0.2) is 186 Å². The monoisotopic (exact) mass is 690 g/mol. The van der Waals surface area contributed by atoms with E-state index in [1.165, 1.54) is 21.9 Å². The van der Waals surface area contributed by atoms with Gasteiger partial charge in [0.2, 0.25) is 0 Å². The zero-order chi connectivity index (χ0) is 35.6. The molecule has 0 spiro atoms. The minimum absolute atomic E-state index is 0.593. The Morgan fingerprint density at radius 1 is 0.370 bits per heavy atom. The van der Waals surface area contributed by atoms with Gasteiger partial charge >= 0.3 is 0 Å². The van der Waals surface area contributed by atoms with Crippen LogP contribution in [-0.4, -0.2) is 19.5 Å². The van der Waals surface area contributed by atoms with Crippen molar-refractivity contribution in [3.63, 3.8) is 0 Å². The van der Waals surface area contributed by atoms with E-state index in [0.717, 1.165) is 66.1 Å². The SMILES string of the molecule is c1ccc(-c2nc(-c3cc(-n4c5ccccc5c5c(-c6ccccc6)cccc54)c4ccccc4c3)nc(-c3cccc4oc5ccccc5c34)n2)cc1. The number of hydrogen-bond donors (Lipinski definition) is 0. The molecule has 0 fully saturated rings. The first kappa shape index (κ1) is 30.3. The summed E-state index contributed by atoms with van der Waals surface area (Å²) in [7, 11) is 0. The van der Waals surface area contributed by atoms with Gasteiger partial charge in [0, 0.05) is 43.6 Å². The summed E-state index contributed by atoms with van der Waals surface area (Å²) in [6.07, 6.45) is 0. The van der Waals surface area contributed by atoms with Crippen LogP contribution in [0.1, 0.15) is 0 Å². The molecule has 0 unspecified atom stereocenters. The van der Waals surface area contributed by atoms with E-state index >= 15 is 0 Å². The molecule has 0 saturated heterocycles. The van der Waals surface area contributed by atoms with Gasteiger partial charge in [-0.25, -0.2) is 15.0 Å². The Morgan fingerprint density at radius 2 is 0.963 bits per heavy atom. The molecule has 0 atom stereocenters. The first-order chi connectivity index (χ1) is 26.8. The summed E-state index contributed by atoms with van der Waals surface area (Å²) in [5.74, 6) is 1.80. The Labute approximate surface area is 310 Å². The van der Waals surface area contributed by atoms with Crippen molar-refractivity contribution in [3.05, 3.63) is 182 Å². The molecular formula is C49H30N4O. The largest absolute Gasteiger partial charge is 0.456 e. The van der Waals surface area contributed by atoms with Gasteiger partial charge in [-0.15, -0.1) is 0 Å². The Balaban J connectivity index is 1.20. The summed E-state index contributed by atoms with van der Waals surface area (Å²) in [4.78, 5) is 15.6. The van der Waals surface area contributed by atoms with E-state index in [2.05, 4.69) is 126 Å². The fraction of sp³-hybridized carbons (Fsp3) is 0. The molecule has 0 aliphatic rings. The quantitative estimate of drug-likeness (QED) is 0.180. The highest BCUT2D eigenvalue weighted by Gasteiger charge is 2.21. The molecule has 5 nitrogen and oxygen atoms in total. The van der Waals surface area contributed by atoms with Gasteiger partial charge in [0.25, 0.3) is 0 Å². The highest BCUT2D eigenvalue weighted by Crippen LogP contribution is 2.41. The van der Waals surface area contributed by atoms with Crippen molar-refractivity contribution in [2.75, 3.05) is 0 Å². The van der Waals surface area contributed by atoms with E-state index in [9.17, 15) is 0 Å². The topological polar surface area (TPSA) is 56.7 Å². The molecule has 0 N–H and O–H groups in total. The lowest BCUT2D eigenvalue weighted by Crippen LogP contribution is -2.02. The van der Waals surface area contributed by atoms with Crippen LogP contribution in [0.5, 0.6) is 0 Å². The lowest BCUT2D eigenvalue weighted by atomic mass is 9.99. The average molecular weight is 691 g/mol. The highest BCUT2D eigenvalue weighted by atomic mass is 16.3. The Hall–Kier alpha value is -7.37. The molecule has 3 heterocycles. The summed E-state index contributed by atoms with van der Waals surface area (Å²) in [5, 5.41) is 6.68. The molecule has 252 valence electrons. The van der Waals surface area contributed by atoms with Gasteiger partial charge in [0.15, 0.2) is 17.5 Å². The standard InChI is InChI=1S/C49H30N4O/c1-3-15-31(16-4-1)36-23-13-26-41-45(36)37-21-9-11-25-40(37)53(41)42-30-34(29-33-19-7-8-20-35(33)42)48-50-47(32-17-5-2-6-18-32)51-49(52-48)39-24-14-28-44-46(39)38-22-10-12-27-43(38)54-44/h1-30H. The maximum absolute atomic E-state index is 6.28. The summed E-state index contributed by atoms with van der Waals surface area (Å²) >= 11 is 0. The minimum atomic E-state index is 0.593. The smallest absolute Gasteiger partial charge is 0.164 e. The van der Waals surface area contributed by atoms with E-state index in [-0.39, 0.29) is 0 Å². The number of aromatic nitrogens is 4. The molecule has 0 amide bonds. The average Bonchev–Trinajstić information content (AvgIpc) is 3.80. The van der Waals surface area contributed by atoms with Crippen LogP contribution in [-0.2, 0) is 0 Å². The second-order valence-electron chi connectivity index (χ2n) is 13.6. The number of furan rings is 1. The molecular weight excluding hydrogens is 661 g/mol. The molecule has 0 saturated carbocycles. The van der Waals surface area contributed by atoms with E-state index in [4.69, 9.17) is 19.4 Å². The van der Waals surface area contributed by atoms with Gasteiger partial charge in [-0.2, -0.15) is 0 Å². The number of hydrogen-bond acceptors (Lipinski definition) is 4. The number of rotatable bonds is 5. The second-order valence-corrected chi connectivity index (χ2v) is 13.6. The summed E-state index contributed by atoms with van der Waals surface area (Å²) in [6.45, 7) is 0. The first-order valence-electron chi connectivity index (χ1n) is 18.1. The number of benzene rings is 8. The molecule has 54 heavy (non-hydrogen) atoms. The Bertz CT molecular complexity index is 3220. The zero-order valence-corrected chi connectivity index (χ0v) is 29.0. The van der Waals surface area contributed by atoms with Crippen molar-refractivity contribution in [1.82, 2.24) is 19.5 Å². The first-order valence-corrected chi connectivity index (χ1v) is 18.1. The number of para-hydroxylation sites is 2. The van der Waals surface area contributed by atoms with E-state index in [0.29, 0.717) is 17.5 Å². The lowest BCUT2D eigenvalue weighted by molar-refractivity contribution is 0.669. The van der Waals surface area contributed by atoms with Gasteiger partial charge in [-0.05, 0) is 52.9 Å². The fourth-order valence-electron chi connectivity index (χ4n) is 8.04. The summed E-state index contributed by atoms with van der Waals surface area (Å²) < 4.78 is 8.69. The maximum Gasteiger partial charge on any atom is 0.164 e. The van der Waals surface area contributed by atoms with Gasteiger partial charge in [0.05, 0.1) is 16.7 Å². The molecule has 11 rings (SSSR count). The fourth-order valence-corrected chi connectivity index (χ4v) is 8.04. The molecule has 0 aliphatic heterocycles. The van der Waals surface area contributed by atoms with Crippen molar-refractivity contribution in [2.24, 2.45) is 0 Å². The predicted octanol–water partition coefficient (Wildman–Crippen LogP) is 12.7. The Morgan fingerprint density at radius 3 is 1.80 bits per heavy atom. The zero-order valence-electron chi connectivity index (χ0n) is 29.0. The molecule has 5 heteroatoms. The Kier molecular flexibility index (Phi) is 6.79. The van der Waals surface area contributed by atoms with Crippen molar-refractivity contribution >= 4 is 54.5 Å². The van der Waals surface area contributed by atoms with Crippen LogP contribution in [0, 0.1) is 0 Å². The van der Waals surface area contributed by atoms with Crippen LogP contribution in [0.3, 0.4) is 0 Å². The van der Waals surface area contributed by atoms with Crippen molar-refractivity contribution in [1.29, 1.82) is 0 Å². The normalized spacial score (nSPS) is 11.7. The minimum Gasteiger partial charge on any atom is -0.456 e. The van der Waals surface area contributed by atoms with Gasteiger partial charge in [-0.1, -0.05) is 146 Å². The van der Waals surface area contributed by atoms with Crippen LogP contribution >= 0.6 is 0 Å². The third-order valence-electron chi connectivity index (χ3n) is 10.4. The van der Waals surface area contributed by atoms with Crippen LogP contribution in [0.25, 0.3) is 105 Å². The van der Waals surface area contributed by atoms with Gasteiger partial charge < -0.3 is 8.98 Å². The van der Waals surface area contributed by atoms with E-state index < -0.39 is 0 Å². The molecule has 0 bridgehead atoms. The van der Waals surface area contributed by atoms with Gasteiger partial charge in [0.1, 0.15) is 11.2 Å². The third-order valence-corrected chi connectivity index (χ3v) is 10.4. The van der Waals surface area contributed by atoms with Crippen LogP contribution in [0.4, 0.5) is 0 Å². The van der Waals surface area contributed by atoms with Crippen molar-refractivity contribution < 1.29 is 4.42 Å².